The first-order chi connectivity index (χ1) is 12.5. The molecule has 1 unspecified atom stereocenters. The summed E-state index contributed by atoms with van der Waals surface area (Å²) in [6, 6.07) is 9.23. The Bertz CT molecular complexity index is 991. The number of benzene rings is 1. The fourth-order valence-corrected chi connectivity index (χ4v) is 3.81. The lowest BCUT2D eigenvalue weighted by atomic mass is 10.0. The van der Waals surface area contributed by atoms with Crippen molar-refractivity contribution in [3.05, 3.63) is 69.6 Å². The van der Waals surface area contributed by atoms with Gasteiger partial charge in [-0.15, -0.1) is 11.3 Å². The predicted octanol–water partition coefficient (Wildman–Crippen LogP) is 3.71. The van der Waals surface area contributed by atoms with E-state index >= 15 is 0 Å². The Labute approximate surface area is 153 Å². The molecule has 0 fully saturated rings. The molecule has 3 heterocycles. The van der Waals surface area contributed by atoms with Crippen LogP contribution in [0.3, 0.4) is 0 Å². The third-order valence-corrected chi connectivity index (χ3v) is 5.04. The fraction of sp³-hybridized carbons (Fsp3) is 0.167. The first kappa shape index (κ1) is 16.5. The van der Waals surface area contributed by atoms with Crippen molar-refractivity contribution in [1.29, 1.82) is 0 Å². The summed E-state index contributed by atoms with van der Waals surface area (Å²) in [5.74, 6) is 0.620. The first-order valence-corrected chi connectivity index (χ1v) is 8.92. The molecule has 1 atom stereocenters. The van der Waals surface area contributed by atoms with Crippen LogP contribution in [-0.4, -0.2) is 20.7 Å². The molecule has 26 heavy (non-hydrogen) atoms. The van der Waals surface area contributed by atoms with Gasteiger partial charge in [0.15, 0.2) is 0 Å². The molecule has 1 aliphatic rings. The van der Waals surface area contributed by atoms with Crippen molar-refractivity contribution in [3.8, 4) is 0 Å². The minimum Gasteiger partial charge on any atom is -0.328 e. The number of nitrogens with zero attached hydrogens (tertiary/aromatic N) is 3. The molecule has 0 spiro atoms. The van der Waals surface area contributed by atoms with E-state index in [0.717, 1.165) is 4.88 Å². The minimum atomic E-state index is -0.368. The molecule has 8 heteroatoms. The second kappa shape index (κ2) is 6.38. The molecule has 0 radical (unpaired) electrons. The highest BCUT2D eigenvalue weighted by Gasteiger charge is 2.34. The second-order valence-corrected chi connectivity index (χ2v) is 6.95. The largest absolute Gasteiger partial charge is 0.328 e. The van der Waals surface area contributed by atoms with E-state index in [1.54, 1.807) is 16.0 Å². The average molecular weight is 369 g/mol. The summed E-state index contributed by atoms with van der Waals surface area (Å²) in [6.07, 6.45) is 0. The summed E-state index contributed by atoms with van der Waals surface area (Å²) in [5.41, 5.74) is 1.79. The van der Waals surface area contributed by atoms with Crippen LogP contribution in [0.4, 0.5) is 16.0 Å². The van der Waals surface area contributed by atoms with Crippen molar-refractivity contribution < 1.29 is 9.18 Å². The smallest absolute Gasteiger partial charge is 0.255 e. The normalized spacial score (nSPS) is 16.2. The molecule has 4 rings (SSSR count). The van der Waals surface area contributed by atoms with Crippen molar-refractivity contribution in [3.63, 3.8) is 0 Å². The van der Waals surface area contributed by atoms with Gasteiger partial charge in [-0.25, -0.2) is 9.07 Å². The third-order valence-electron chi connectivity index (χ3n) is 4.12. The molecule has 2 aromatic heterocycles. The number of thiophene rings is 1. The number of anilines is 2. The maximum atomic E-state index is 13.1. The molecule has 0 saturated carbocycles. The van der Waals surface area contributed by atoms with Gasteiger partial charge in [0.05, 0.1) is 5.57 Å². The predicted molar refractivity (Wildman–Crippen MR) is 98.6 cm³/mol. The van der Waals surface area contributed by atoms with Gasteiger partial charge in [0, 0.05) is 16.3 Å². The molecule has 0 aliphatic carbocycles. The maximum absolute atomic E-state index is 13.1. The van der Waals surface area contributed by atoms with Crippen molar-refractivity contribution in [1.82, 2.24) is 14.8 Å². The van der Waals surface area contributed by atoms with Crippen LogP contribution in [0.25, 0.3) is 0 Å². The Hall–Kier alpha value is -3.00. The van der Waals surface area contributed by atoms with Crippen molar-refractivity contribution in [2.45, 2.75) is 19.9 Å². The summed E-state index contributed by atoms with van der Waals surface area (Å²) in [6.45, 7) is 3.65. The van der Waals surface area contributed by atoms with E-state index in [4.69, 9.17) is 0 Å². The summed E-state index contributed by atoms with van der Waals surface area (Å²) in [7, 11) is 0. The van der Waals surface area contributed by atoms with Crippen LogP contribution in [0.1, 0.15) is 23.7 Å². The third kappa shape index (κ3) is 2.88. The van der Waals surface area contributed by atoms with Gasteiger partial charge in [-0.05, 0) is 49.6 Å². The van der Waals surface area contributed by atoms with E-state index in [0.29, 0.717) is 28.7 Å². The van der Waals surface area contributed by atoms with Crippen LogP contribution in [0, 0.1) is 12.7 Å². The lowest BCUT2D eigenvalue weighted by Gasteiger charge is -2.27. The standard InChI is InChI=1S/C18H16FN5OS/c1-10-15(17(25)22-13-7-5-12(19)6-8-13)16(14-4-3-9-26-14)24-18(20-10)21-11(2)23-24/h3-9,16H,1-2H3,(H,22,25)(H,20,21,23). The average Bonchev–Trinajstić information content (AvgIpc) is 3.24. The number of hydrogen-bond donors (Lipinski definition) is 2. The number of aromatic nitrogens is 3. The SMILES string of the molecule is CC1=C(C(=O)Nc2ccc(F)cc2)C(c2cccs2)n2nc(C)nc2N1. The van der Waals surface area contributed by atoms with Gasteiger partial charge in [0.25, 0.3) is 5.91 Å². The topological polar surface area (TPSA) is 71.8 Å². The molecule has 1 aliphatic heterocycles. The molecule has 1 amide bonds. The van der Waals surface area contributed by atoms with E-state index in [9.17, 15) is 9.18 Å². The van der Waals surface area contributed by atoms with Crippen LogP contribution in [-0.2, 0) is 4.79 Å². The highest BCUT2D eigenvalue weighted by atomic mass is 32.1. The molecule has 132 valence electrons. The summed E-state index contributed by atoms with van der Waals surface area (Å²) in [4.78, 5) is 18.4. The monoisotopic (exact) mass is 369 g/mol. The summed E-state index contributed by atoms with van der Waals surface area (Å²) < 4.78 is 14.8. The molecule has 6 nitrogen and oxygen atoms in total. The summed E-state index contributed by atoms with van der Waals surface area (Å²) in [5, 5.41) is 12.4. The number of nitrogens with one attached hydrogen (secondary N) is 2. The number of carbonyl (C=O) groups excluding carboxylic acids is 1. The molecular weight excluding hydrogens is 353 g/mol. The van der Waals surface area contributed by atoms with Crippen molar-refractivity contribution in [2.75, 3.05) is 10.6 Å². The molecule has 2 N–H and O–H groups in total. The molecule has 0 bridgehead atoms. The highest BCUT2D eigenvalue weighted by molar-refractivity contribution is 7.10. The Balaban J connectivity index is 1.74. The number of fused-ring (bicyclic) bond motifs is 1. The Morgan fingerprint density at radius 1 is 1.27 bits per heavy atom. The van der Waals surface area contributed by atoms with E-state index < -0.39 is 0 Å². The van der Waals surface area contributed by atoms with Gasteiger partial charge in [0.1, 0.15) is 17.7 Å². The van der Waals surface area contributed by atoms with Crippen LogP contribution < -0.4 is 10.6 Å². The molecule has 3 aromatic rings. The lowest BCUT2D eigenvalue weighted by molar-refractivity contribution is -0.113. The zero-order valence-corrected chi connectivity index (χ0v) is 15.0. The highest BCUT2D eigenvalue weighted by Crippen LogP contribution is 2.37. The van der Waals surface area contributed by atoms with Crippen LogP contribution in [0.5, 0.6) is 0 Å². The van der Waals surface area contributed by atoms with Crippen LogP contribution in [0.2, 0.25) is 0 Å². The Morgan fingerprint density at radius 2 is 2.04 bits per heavy atom. The second-order valence-electron chi connectivity index (χ2n) is 5.97. The van der Waals surface area contributed by atoms with E-state index in [-0.39, 0.29) is 17.8 Å². The zero-order valence-electron chi connectivity index (χ0n) is 14.2. The van der Waals surface area contributed by atoms with E-state index in [2.05, 4.69) is 20.7 Å². The quantitative estimate of drug-likeness (QED) is 0.738. The number of allylic oxidation sites excluding steroid dienone is 1. The Kier molecular flexibility index (Phi) is 4.04. The number of rotatable bonds is 3. The van der Waals surface area contributed by atoms with Gasteiger partial charge in [0.2, 0.25) is 5.95 Å². The first-order valence-electron chi connectivity index (χ1n) is 8.04. The van der Waals surface area contributed by atoms with Gasteiger partial charge in [-0.2, -0.15) is 10.1 Å². The maximum Gasteiger partial charge on any atom is 0.255 e. The number of halogens is 1. The van der Waals surface area contributed by atoms with E-state index in [1.807, 2.05) is 31.4 Å². The van der Waals surface area contributed by atoms with Gasteiger partial charge in [-0.3, -0.25) is 4.79 Å². The molecular formula is C18H16FN5OS. The summed E-state index contributed by atoms with van der Waals surface area (Å²) >= 11 is 1.55. The minimum absolute atomic E-state index is 0.265. The van der Waals surface area contributed by atoms with Crippen molar-refractivity contribution in [2.24, 2.45) is 0 Å². The van der Waals surface area contributed by atoms with Crippen LogP contribution in [0.15, 0.2) is 53.0 Å². The lowest BCUT2D eigenvalue weighted by Crippen LogP contribution is -2.31. The van der Waals surface area contributed by atoms with Gasteiger partial charge in [-0.1, -0.05) is 6.07 Å². The van der Waals surface area contributed by atoms with Crippen molar-refractivity contribution >= 4 is 28.9 Å². The number of amides is 1. The van der Waals surface area contributed by atoms with Crippen LogP contribution >= 0.6 is 11.3 Å². The number of aryl methyl sites for hydroxylation is 1. The van der Waals surface area contributed by atoms with E-state index in [1.165, 1.54) is 24.3 Å². The van der Waals surface area contributed by atoms with Gasteiger partial charge < -0.3 is 10.6 Å². The molecule has 1 aromatic carbocycles. The number of carbonyl (C=O) groups is 1. The number of hydrogen-bond acceptors (Lipinski definition) is 5. The van der Waals surface area contributed by atoms with Gasteiger partial charge >= 0.3 is 0 Å². The zero-order chi connectivity index (χ0) is 18.3. The molecule has 0 saturated heterocycles. The fourth-order valence-electron chi connectivity index (χ4n) is 2.99. The Morgan fingerprint density at radius 3 is 2.73 bits per heavy atom.